The summed E-state index contributed by atoms with van der Waals surface area (Å²) in [6.07, 6.45) is -0.984. The highest BCUT2D eigenvalue weighted by atomic mass is 32.1. The summed E-state index contributed by atoms with van der Waals surface area (Å²) in [6, 6.07) is 4.85. The molecule has 0 aliphatic carbocycles. The number of carbonyl (C=O) groups is 3. The van der Waals surface area contributed by atoms with E-state index in [9.17, 15) is 14.4 Å². The van der Waals surface area contributed by atoms with Gasteiger partial charge in [-0.1, -0.05) is 6.07 Å². The van der Waals surface area contributed by atoms with Gasteiger partial charge in [-0.15, -0.1) is 22.7 Å². The van der Waals surface area contributed by atoms with Gasteiger partial charge in [0, 0.05) is 0 Å². The molecule has 2 heterocycles. The molecule has 0 radical (unpaired) electrons. The highest BCUT2D eigenvalue weighted by Gasteiger charge is 2.21. The molecule has 0 aliphatic rings. The average molecular weight is 324 g/mol. The monoisotopic (exact) mass is 324 g/mol. The van der Waals surface area contributed by atoms with Crippen LogP contribution in [0.4, 0.5) is 5.00 Å². The number of hydrogen-bond acceptors (Lipinski definition) is 6. The molecular weight excluding hydrogens is 312 g/mol. The number of thiophene rings is 2. The molecule has 3 N–H and O–H groups in total. The smallest absolute Gasteiger partial charge is 0.349 e. The van der Waals surface area contributed by atoms with Crippen LogP contribution in [-0.2, 0) is 9.53 Å². The Balaban J connectivity index is 1.98. The van der Waals surface area contributed by atoms with E-state index in [4.69, 9.17) is 10.5 Å². The molecule has 6 nitrogen and oxygen atoms in total. The van der Waals surface area contributed by atoms with Gasteiger partial charge in [-0.05, 0) is 29.8 Å². The molecule has 1 unspecified atom stereocenters. The van der Waals surface area contributed by atoms with E-state index in [0.717, 1.165) is 0 Å². The van der Waals surface area contributed by atoms with E-state index in [1.165, 1.54) is 35.7 Å². The number of esters is 1. The van der Waals surface area contributed by atoms with Gasteiger partial charge in [0.2, 0.25) is 0 Å². The number of nitrogens with two attached hydrogens (primary N) is 1. The number of rotatable bonds is 5. The summed E-state index contributed by atoms with van der Waals surface area (Å²) in [7, 11) is 0. The van der Waals surface area contributed by atoms with E-state index in [0.29, 0.717) is 9.88 Å². The maximum atomic E-state index is 12.0. The summed E-state index contributed by atoms with van der Waals surface area (Å²) in [5, 5.41) is 6.25. The van der Waals surface area contributed by atoms with E-state index in [-0.39, 0.29) is 5.56 Å². The molecule has 0 saturated carbocycles. The minimum absolute atomic E-state index is 0.227. The molecule has 0 spiro atoms. The van der Waals surface area contributed by atoms with Crippen molar-refractivity contribution in [3.05, 3.63) is 39.4 Å². The molecule has 2 rings (SSSR count). The molecule has 21 heavy (non-hydrogen) atoms. The van der Waals surface area contributed by atoms with Crippen LogP contribution in [0.5, 0.6) is 0 Å². The van der Waals surface area contributed by atoms with Gasteiger partial charge in [0.15, 0.2) is 6.10 Å². The fourth-order valence-electron chi connectivity index (χ4n) is 1.48. The number of amides is 2. The van der Waals surface area contributed by atoms with Crippen LogP contribution in [0.15, 0.2) is 29.0 Å². The zero-order chi connectivity index (χ0) is 15.4. The minimum Gasteiger partial charge on any atom is -0.448 e. The zero-order valence-electron chi connectivity index (χ0n) is 11.0. The molecule has 0 fully saturated rings. The first-order chi connectivity index (χ1) is 9.99. The third-order valence-corrected chi connectivity index (χ3v) is 4.22. The molecule has 2 amide bonds. The molecule has 8 heteroatoms. The molecule has 0 aliphatic heterocycles. The molecule has 0 saturated heterocycles. The van der Waals surface area contributed by atoms with Gasteiger partial charge < -0.3 is 15.8 Å². The number of nitrogens with one attached hydrogen (secondary N) is 1. The third-order valence-electron chi connectivity index (χ3n) is 2.54. The molecule has 0 bridgehead atoms. The summed E-state index contributed by atoms with van der Waals surface area (Å²) in [6.45, 7) is 1.46. The lowest BCUT2D eigenvalue weighted by Crippen LogP contribution is -2.30. The van der Waals surface area contributed by atoms with Crippen LogP contribution in [0.25, 0.3) is 0 Å². The van der Waals surface area contributed by atoms with Crippen LogP contribution in [0.1, 0.15) is 27.0 Å². The first-order valence-corrected chi connectivity index (χ1v) is 7.67. The van der Waals surface area contributed by atoms with Crippen molar-refractivity contribution in [2.24, 2.45) is 5.73 Å². The normalized spacial score (nSPS) is 11.7. The lowest BCUT2D eigenvalue weighted by atomic mass is 10.3. The van der Waals surface area contributed by atoms with Crippen molar-refractivity contribution in [3.8, 4) is 0 Å². The first-order valence-electron chi connectivity index (χ1n) is 5.91. The molecule has 0 aromatic carbocycles. The van der Waals surface area contributed by atoms with Gasteiger partial charge in [-0.2, -0.15) is 0 Å². The van der Waals surface area contributed by atoms with Crippen molar-refractivity contribution in [3.63, 3.8) is 0 Å². The average Bonchev–Trinajstić information content (AvgIpc) is 3.09. The molecule has 1 atom stereocenters. The van der Waals surface area contributed by atoms with E-state index < -0.39 is 23.9 Å². The summed E-state index contributed by atoms with van der Waals surface area (Å²) in [5.74, 6) is -1.71. The van der Waals surface area contributed by atoms with Crippen molar-refractivity contribution in [2.75, 3.05) is 5.32 Å². The fourth-order valence-corrected chi connectivity index (χ4v) is 2.88. The summed E-state index contributed by atoms with van der Waals surface area (Å²) >= 11 is 2.40. The third kappa shape index (κ3) is 3.67. The molecule has 2 aromatic heterocycles. The Morgan fingerprint density at radius 2 is 2.00 bits per heavy atom. The largest absolute Gasteiger partial charge is 0.448 e. The highest BCUT2D eigenvalue weighted by Crippen LogP contribution is 2.23. The second-order valence-electron chi connectivity index (χ2n) is 4.04. The van der Waals surface area contributed by atoms with Crippen LogP contribution >= 0.6 is 22.7 Å². The lowest BCUT2D eigenvalue weighted by Gasteiger charge is -2.12. The van der Waals surface area contributed by atoms with Crippen molar-refractivity contribution in [1.29, 1.82) is 0 Å². The Labute approximate surface area is 128 Å². The van der Waals surface area contributed by atoms with Crippen LogP contribution in [0, 0.1) is 0 Å². The van der Waals surface area contributed by atoms with Crippen molar-refractivity contribution >= 4 is 45.5 Å². The Hall–Kier alpha value is -2.19. The van der Waals surface area contributed by atoms with Crippen LogP contribution in [-0.4, -0.2) is 23.9 Å². The maximum absolute atomic E-state index is 12.0. The van der Waals surface area contributed by atoms with Crippen LogP contribution in [0.2, 0.25) is 0 Å². The van der Waals surface area contributed by atoms with E-state index in [1.807, 2.05) is 0 Å². The maximum Gasteiger partial charge on any atom is 0.349 e. The second-order valence-corrected chi connectivity index (χ2v) is 5.91. The number of carbonyl (C=O) groups excluding carboxylic acids is 3. The van der Waals surface area contributed by atoms with Gasteiger partial charge in [-0.3, -0.25) is 9.59 Å². The van der Waals surface area contributed by atoms with Crippen molar-refractivity contribution < 1.29 is 19.1 Å². The summed E-state index contributed by atoms with van der Waals surface area (Å²) in [5.41, 5.74) is 5.42. The summed E-state index contributed by atoms with van der Waals surface area (Å²) in [4.78, 5) is 35.3. The number of primary amides is 1. The fraction of sp³-hybridized carbons (Fsp3) is 0.154. The Kier molecular flexibility index (Phi) is 4.71. The van der Waals surface area contributed by atoms with Crippen molar-refractivity contribution in [1.82, 2.24) is 0 Å². The minimum atomic E-state index is -0.984. The highest BCUT2D eigenvalue weighted by molar-refractivity contribution is 7.14. The number of anilines is 1. The Bertz CT molecular complexity index is 664. The SMILES string of the molecule is CC(OC(=O)c1cccs1)C(=O)Nc1sccc1C(N)=O. The topological polar surface area (TPSA) is 98.5 Å². The summed E-state index contributed by atoms with van der Waals surface area (Å²) < 4.78 is 5.05. The van der Waals surface area contributed by atoms with Crippen LogP contribution < -0.4 is 11.1 Å². The van der Waals surface area contributed by atoms with E-state index >= 15 is 0 Å². The number of hydrogen-bond donors (Lipinski definition) is 2. The predicted octanol–water partition coefficient (Wildman–Crippen LogP) is 2.09. The zero-order valence-corrected chi connectivity index (χ0v) is 12.6. The predicted molar refractivity (Wildman–Crippen MR) is 80.7 cm³/mol. The molecule has 110 valence electrons. The van der Waals surface area contributed by atoms with Gasteiger partial charge >= 0.3 is 5.97 Å². The van der Waals surface area contributed by atoms with E-state index in [2.05, 4.69) is 5.32 Å². The second kappa shape index (κ2) is 6.51. The molecule has 2 aromatic rings. The quantitative estimate of drug-likeness (QED) is 0.823. The van der Waals surface area contributed by atoms with Crippen LogP contribution in [0.3, 0.4) is 0 Å². The Morgan fingerprint density at radius 3 is 2.62 bits per heavy atom. The van der Waals surface area contributed by atoms with Gasteiger partial charge in [0.05, 0.1) is 5.56 Å². The standard InChI is InChI=1S/C13H12N2O4S2/c1-7(19-13(18)9-3-2-5-20-9)11(17)15-12-8(10(14)16)4-6-21-12/h2-7H,1H3,(H2,14,16)(H,15,17). The van der Waals surface area contributed by atoms with Gasteiger partial charge in [0.25, 0.3) is 11.8 Å². The number of ether oxygens (including phenoxy) is 1. The van der Waals surface area contributed by atoms with Crippen molar-refractivity contribution in [2.45, 2.75) is 13.0 Å². The van der Waals surface area contributed by atoms with Gasteiger partial charge in [0.1, 0.15) is 9.88 Å². The van der Waals surface area contributed by atoms with Gasteiger partial charge in [-0.25, -0.2) is 4.79 Å². The molecular formula is C13H12N2O4S2. The Morgan fingerprint density at radius 1 is 1.24 bits per heavy atom. The lowest BCUT2D eigenvalue weighted by molar-refractivity contribution is -0.123. The first kappa shape index (κ1) is 15.2. The van der Waals surface area contributed by atoms with E-state index in [1.54, 1.807) is 22.9 Å².